The monoisotopic (exact) mass is 234 g/mol. The van der Waals surface area contributed by atoms with E-state index in [0.717, 1.165) is 19.5 Å². The molecule has 15 heavy (non-hydrogen) atoms. The fourth-order valence-corrected chi connectivity index (χ4v) is 3.23. The summed E-state index contributed by atoms with van der Waals surface area (Å²) >= 11 is 0. The standard InChI is InChI=1S/C10H22N2O2S/c1-3-8-15(13,14)11-9-10-6-5-7-12(10)4-2/h10-11H,3-9H2,1-2H3. The smallest absolute Gasteiger partial charge is 0.211 e. The molecule has 0 aromatic heterocycles. The van der Waals surface area contributed by atoms with Gasteiger partial charge < -0.3 is 0 Å². The van der Waals surface area contributed by atoms with Crippen LogP contribution in [0.2, 0.25) is 0 Å². The van der Waals surface area contributed by atoms with Crippen LogP contribution >= 0.6 is 0 Å². The van der Waals surface area contributed by atoms with E-state index >= 15 is 0 Å². The molecule has 1 aliphatic rings. The molecule has 0 bridgehead atoms. The molecule has 1 rings (SSSR count). The SMILES string of the molecule is CCCS(=O)(=O)NCC1CCCN1CC. The number of likely N-dealkylation sites (N-methyl/N-ethyl adjacent to an activating group) is 1. The molecule has 0 saturated carbocycles. The molecule has 1 unspecified atom stereocenters. The normalized spacial score (nSPS) is 23.5. The van der Waals surface area contributed by atoms with E-state index in [4.69, 9.17) is 0 Å². The zero-order valence-corrected chi connectivity index (χ0v) is 10.5. The van der Waals surface area contributed by atoms with Crippen molar-refractivity contribution in [1.29, 1.82) is 0 Å². The number of hydrogen-bond acceptors (Lipinski definition) is 3. The second kappa shape index (κ2) is 5.82. The van der Waals surface area contributed by atoms with Crippen LogP contribution in [0.1, 0.15) is 33.1 Å². The van der Waals surface area contributed by atoms with Crippen LogP contribution in [0.15, 0.2) is 0 Å². The van der Waals surface area contributed by atoms with E-state index < -0.39 is 10.0 Å². The summed E-state index contributed by atoms with van der Waals surface area (Å²) in [5.74, 6) is 0.242. The summed E-state index contributed by atoms with van der Waals surface area (Å²) in [5.41, 5.74) is 0. The fourth-order valence-electron chi connectivity index (χ4n) is 2.11. The van der Waals surface area contributed by atoms with Crippen molar-refractivity contribution in [2.24, 2.45) is 0 Å². The van der Waals surface area contributed by atoms with Crippen LogP contribution in [0.4, 0.5) is 0 Å². The lowest BCUT2D eigenvalue weighted by atomic mass is 10.2. The summed E-state index contributed by atoms with van der Waals surface area (Å²) in [5, 5.41) is 0. The minimum absolute atomic E-state index is 0.242. The van der Waals surface area contributed by atoms with Crippen LogP contribution in [0.3, 0.4) is 0 Å². The fraction of sp³-hybridized carbons (Fsp3) is 1.00. The maximum absolute atomic E-state index is 11.5. The van der Waals surface area contributed by atoms with E-state index in [1.807, 2.05) is 6.92 Å². The molecule has 0 aromatic rings. The van der Waals surface area contributed by atoms with Crippen molar-refractivity contribution in [3.05, 3.63) is 0 Å². The Labute approximate surface area is 93.1 Å². The predicted octanol–water partition coefficient (Wildman–Crippen LogP) is 0.800. The van der Waals surface area contributed by atoms with Crippen molar-refractivity contribution >= 4 is 10.0 Å². The quantitative estimate of drug-likeness (QED) is 0.739. The molecular weight excluding hydrogens is 212 g/mol. The van der Waals surface area contributed by atoms with Crippen LogP contribution < -0.4 is 4.72 Å². The number of nitrogens with one attached hydrogen (secondary N) is 1. The molecule has 0 aromatic carbocycles. The van der Waals surface area contributed by atoms with Gasteiger partial charge in [0.25, 0.3) is 0 Å². The molecule has 0 radical (unpaired) electrons. The molecule has 1 heterocycles. The van der Waals surface area contributed by atoms with Crippen molar-refractivity contribution in [2.75, 3.05) is 25.4 Å². The summed E-state index contributed by atoms with van der Waals surface area (Å²) in [6.07, 6.45) is 2.98. The Morgan fingerprint density at radius 3 is 2.73 bits per heavy atom. The Kier molecular flexibility index (Phi) is 5.02. The average molecular weight is 234 g/mol. The van der Waals surface area contributed by atoms with E-state index in [-0.39, 0.29) is 5.75 Å². The van der Waals surface area contributed by atoms with Crippen LogP contribution in [-0.4, -0.2) is 44.7 Å². The highest BCUT2D eigenvalue weighted by Gasteiger charge is 2.23. The van der Waals surface area contributed by atoms with E-state index in [2.05, 4.69) is 16.5 Å². The zero-order chi connectivity index (χ0) is 11.3. The minimum atomic E-state index is -3.03. The molecule has 1 atom stereocenters. The Bertz CT molecular complexity index is 277. The highest BCUT2D eigenvalue weighted by atomic mass is 32.2. The van der Waals surface area contributed by atoms with Crippen LogP contribution in [0.5, 0.6) is 0 Å². The summed E-state index contributed by atoms with van der Waals surface area (Å²) < 4.78 is 25.6. The minimum Gasteiger partial charge on any atom is -0.299 e. The molecule has 1 fully saturated rings. The van der Waals surface area contributed by atoms with Crippen LogP contribution in [0, 0.1) is 0 Å². The van der Waals surface area contributed by atoms with Gasteiger partial charge >= 0.3 is 0 Å². The molecule has 1 saturated heterocycles. The molecule has 1 N–H and O–H groups in total. The van der Waals surface area contributed by atoms with Crippen molar-refractivity contribution in [3.8, 4) is 0 Å². The van der Waals surface area contributed by atoms with Crippen LogP contribution in [-0.2, 0) is 10.0 Å². The van der Waals surface area contributed by atoms with Gasteiger partial charge in [0.2, 0.25) is 10.0 Å². The van der Waals surface area contributed by atoms with Gasteiger partial charge in [0.1, 0.15) is 0 Å². The number of rotatable bonds is 6. The molecule has 0 spiro atoms. The lowest BCUT2D eigenvalue weighted by Crippen LogP contribution is -2.40. The first-order chi connectivity index (χ1) is 7.09. The maximum Gasteiger partial charge on any atom is 0.211 e. The van der Waals surface area contributed by atoms with Gasteiger partial charge in [-0.3, -0.25) is 4.90 Å². The van der Waals surface area contributed by atoms with Gasteiger partial charge in [-0.2, -0.15) is 0 Å². The zero-order valence-electron chi connectivity index (χ0n) is 9.70. The van der Waals surface area contributed by atoms with Gasteiger partial charge in [-0.05, 0) is 32.4 Å². The number of sulfonamides is 1. The third-order valence-electron chi connectivity index (χ3n) is 2.92. The molecule has 0 amide bonds. The number of hydrogen-bond donors (Lipinski definition) is 1. The van der Waals surface area contributed by atoms with E-state index in [1.165, 1.54) is 6.42 Å². The highest BCUT2D eigenvalue weighted by molar-refractivity contribution is 7.89. The molecule has 0 aliphatic carbocycles. The van der Waals surface area contributed by atoms with Crippen molar-refractivity contribution < 1.29 is 8.42 Å². The summed E-state index contributed by atoms with van der Waals surface area (Å²) in [6, 6.07) is 0.404. The van der Waals surface area contributed by atoms with Gasteiger partial charge in [0.05, 0.1) is 5.75 Å². The Morgan fingerprint density at radius 2 is 2.13 bits per heavy atom. The Hall–Kier alpha value is -0.130. The highest BCUT2D eigenvalue weighted by Crippen LogP contribution is 2.15. The summed E-state index contributed by atoms with van der Waals surface area (Å²) in [4.78, 5) is 2.34. The molecule has 4 nitrogen and oxygen atoms in total. The largest absolute Gasteiger partial charge is 0.299 e. The second-order valence-corrected chi connectivity index (χ2v) is 6.02. The topological polar surface area (TPSA) is 49.4 Å². The third kappa shape index (κ3) is 4.09. The van der Waals surface area contributed by atoms with E-state index in [0.29, 0.717) is 19.0 Å². The summed E-state index contributed by atoms with van der Waals surface area (Å²) in [7, 11) is -3.03. The van der Waals surface area contributed by atoms with Gasteiger partial charge in [-0.25, -0.2) is 13.1 Å². The maximum atomic E-state index is 11.5. The van der Waals surface area contributed by atoms with Crippen molar-refractivity contribution in [1.82, 2.24) is 9.62 Å². The first kappa shape index (κ1) is 12.9. The van der Waals surface area contributed by atoms with Crippen LogP contribution in [0.25, 0.3) is 0 Å². The number of nitrogens with zero attached hydrogens (tertiary/aromatic N) is 1. The second-order valence-electron chi connectivity index (χ2n) is 4.09. The number of likely N-dealkylation sites (tertiary alicyclic amines) is 1. The predicted molar refractivity (Wildman–Crippen MR) is 62.3 cm³/mol. The lowest BCUT2D eigenvalue weighted by Gasteiger charge is -2.22. The Balaban J connectivity index is 2.36. The molecular formula is C10H22N2O2S. The molecule has 5 heteroatoms. The van der Waals surface area contributed by atoms with E-state index in [1.54, 1.807) is 0 Å². The first-order valence-electron chi connectivity index (χ1n) is 5.80. The Morgan fingerprint density at radius 1 is 1.40 bits per heavy atom. The summed E-state index contributed by atoms with van der Waals surface area (Å²) in [6.45, 7) is 6.71. The average Bonchev–Trinajstić information content (AvgIpc) is 2.62. The van der Waals surface area contributed by atoms with Gasteiger partial charge in [-0.15, -0.1) is 0 Å². The lowest BCUT2D eigenvalue weighted by molar-refractivity contribution is 0.268. The van der Waals surface area contributed by atoms with Crippen molar-refractivity contribution in [2.45, 2.75) is 39.2 Å². The van der Waals surface area contributed by atoms with Gasteiger partial charge in [0, 0.05) is 12.6 Å². The molecule has 90 valence electrons. The third-order valence-corrected chi connectivity index (χ3v) is 4.47. The molecule has 1 aliphatic heterocycles. The first-order valence-corrected chi connectivity index (χ1v) is 7.45. The van der Waals surface area contributed by atoms with E-state index in [9.17, 15) is 8.42 Å². The van der Waals surface area contributed by atoms with Crippen molar-refractivity contribution in [3.63, 3.8) is 0 Å². The van der Waals surface area contributed by atoms with Gasteiger partial charge in [0.15, 0.2) is 0 Å². The van der Waals surface area contributed by atoms with Gasteiger partial charge in [-0.1, -0.05) is 13.8 Å².